The van der Waals surface area contributed by atoms with Gasteiger partial charge in [-0.25, -0.2) is 0 Å². The van der Waals surface area contributed by atoms with Gasteiger partial charge in [0.25, 0.3) is 0 Å². The standard InChI is InChI=1S/C12H22N2O2/c1-2-16-11(15)12(5-3-6-12)14-9-4-7-13-8-10-14/h13H,2-10H2,1H3. The fourth-order valence-electron chi connectivity index (χ4n) is 2.70. The molecule has 2 fully saturated rings. The third-order valence-electron chi connectivity index (χ3n) is 3.78. The molecular weight excluding hydrogens is 204 g/mol. The Morgan fingerprint density at radius 3 is 2.75 bits per heavy atom. The van der Waals surface area contributed by atoms with Crippen LogP contribution < -0.4 is 5.32 Å². The monoisotopic (exact) mass is 226 g/mol. The summed E-state index contributed by atoms with van der Waals surface area (Å²) in [5, 5.41) is 3.37. The number of nitrogens with zero attached hydrogens (tertiary/aromatic N) is 1. The van der Waals surface area contributed by atoms with Gasteiger partial charge >= 0.3 is 5.97 Å². The van der Waals surface area contributed by atoms with Crippen molar-refractivity contribution in [3.8, 4) is 0 Å². The van der Waals surface area contributed by atoms with E-state index in [2.05, 4.69) is 10.2 Å². The van der Waals surface area contributed by atoms with Crippen LogP contribution in [0.3, 0.4) is 0 Å². The summed E-state index contributed by atoms with van der Waals surface area (Å²) in [5.74, 6) is 0.00292. The van der Waals surface area contributed by atoms with Crippen molar-refractivity contribution in [2.45, 2.75) is 38.1 Å². The van der Waals surface area contributed by atoms with Crippen LogP contribution >= 0.6 is 0 Å². The van der Waals surface area contributed by atoms with E-state index in [0.29, 0.717) is 6.61 Å². The number of ether oxygens (including phenoxy) is 1. The number of hydrogen-bond donors (Lipinski definition) is 1. The molecule has 1 heterocycles. The Balaban J connectivity index is 2.04. The van der Waals surface area contributed by atoms with Crippen LogP contribution in [0.25, 0.3) is 0 Å². The summed E-state index contributed by atoms with van der Waals surface area (Å²) >= 11 is 0. The number of rotatable bonds is 3. The number of hydrogen-bond acceptors (Lipinski definition) is 4. The van der Waals surface area contributed by atoms with E-state index in [9.17, 15) is 4.79 Å². The van der Waals surface area contributed by atoms with Crippen LogP contribution in [0.5, 0.6) is 0 Å². The molecule has 0 amide bonds. The first-order chi connectivity index (χ1) is 7.79. The molecule has 2 aliphatic rings. The summed E-state index contributed by atoms with van der Waals surface area (Å²) in [6, 6.07) is 0. The lowest BCUT2D eigenvalue weighted by Gasteiger charge is -2.47. The van der Waals surface area contributed by atoms with E-state index in [4.69, 9.17) is 4.74 Å². The van der Waals surface area contributed by atoms with Gasteiger partial charge in [0.05, 0.1) is 6.61 Å². The van der Waals surface area contributed by atoms with Gasteiger partial charge in [-0.2, -0.15) is 0 Å². The van der Waals surface area contributed by atoms with Gasteiger partial charge in [-0.1, -0.05) is 0 Å². The molecule has 1 aliphatic carbocycles. The maximum atomic E-state index is 12.1. The van der Waals surface area contributed by atoms with E-state index in [-0.39, 0.29) is 11.5 Å². The number of carbonyl (C=O) groups excluding carboxylic acids is 1. The van der Waals surface area contributed by atoms with Crippen LogP contribution in [0, 0.1) is 0 Å². The second-order valence-corrected chi connectivity index (χ2v) is 4.70. The van der Waals surface area contributed by atoms with Crippen LogP contribution in [0.4, 0.5) is 0 Å². The molecule has 4 heteroatoms. The highest BCUT2D eigenvalue weighted by Gasteiger charge is 2.49. The fourth-order valence-corrected chi connectivity index (χ4v) is 2.70. The molecule has 1 N–H and O–H groups in total. The van der Waals surface area contributed by atoms with Crippen molar-refractivity contribution >= 4 is 5.97 Å². The molecule has 0 aromatic carbocycles. The third-order valence-corrected chi connectivity index (χ3v) is 3.78. The highest BCUT2D eigenvalue weighted by Crippen LogP contribution is 2.39. The van der Waals surface area contributed by atoms with E-state index in [1.807, 2.05) is 6.92 Å². The van der Waals surface area contributed by atoms with Crippen LogP contribution in [0.2, 0.25) is 0 Å². The van der Waals surface area contributed by atoms with Gasteiger partial charge in [0.1, 0.15) is 5.54 Å². The Morgan fingerprint density at radius 1 is 1.31 bits per heavy atom. The molecule has 0 aromatic rings. The second kappa shape index (κ2) is 5.15. The summed E-state index contributed by atoms with van der Waals surface area (Å²) in [7, 11) is 0. The van der Waals surface area contributed by atoms with E-state index in [1.54, 1.807) is 0 Å². The Morgan fingerprint density at radius 2 is 2.12 bits per heavy atom. The highest BCUT2D eigenvalue weighted by molar-refractivity contribution is 5.82. The van der Waals surface area contributed by atoms with Gasteiger partial charge in [0.2, 0.25) is 0 Å². The minimum absolute atomic E-state index is 0.00292. The van der Waals surface area contributed by atoms with Crippen molar-refractivity contribution in [3.05, 3.63) is 0 Å². The van der Waals surface area contributed by atoms with Crippen molar-refractivity contribution in [2.24, 2.45) is 0 Å². The first-order valence-corrected chi connectivity index (χ1v) is 6.42. The minimum atomic E-state index is -0.276. The highest BCUT2D eigenvalue weighted by atomic mass is 16.5. The molecule has 1 aliphatic heterocycles. The van der Waals surface area contributed by atoms with Gasteiger partial charge < -0.3 is 10.1 Å². The average molecular weight is 226 g/mol. The normalized spacial score (nSPS) is 25.6. The van der Waals surface area contributed by atoms with E-state index < -0.39 is 0 Å². The molecule has 0 aromatic heterocycles. The molecule has 0 bridgehead atoms. The van der Waals surface area contributed by atoms with Gasteiger partial charge in [-0.3, -0.25) is 9.69 Å². The Kier molecular flexibility index (Phi) is 3.82. The zero-order valence-electron chi connectivity index (χ0n) is 10.1. The molecule has 16 heavy (non-hydrogen) atoms. The predicted octanol–water partition coefficient (Wildman–Crippen LogP) is 0.767. The summed E-state index contributed by atoms with van der Waals surface area (Å²) < 4.78 is 5.24. The fraction of sp³-hybridized carbons (Fsp3) is 0.917. The molecule has 2 rings (SSSR count). The molecule has 0 atom stereocenters. The minimum Gasteiger partial charge on any atom is -0.465 e. The zero-order chi connectivity index (χ0) is 11.4. The Labute approximate surface area is 97.3 Å². The molecule has 4 nitrogen and oxygen atoms in total. The topological polar surface area (TPSA) is 41.6 Å². The molecular formula is C12H22N2O2. The van der Waals surface area contributed by atoms with Crippen LogP contribution in [0.15, 0.2) is 0 Å². The van der Waals surface area contributed by atoms with Crippen LogP contribution in [-0.2, 0) is 9.53 Å². The van der Waals surface area contributed by atoms with Gasteiger partial charge in [-0.15, -0.1) is 0 Å². The molecule has 92 valence electrons. The third kappa shape index (κ3) is 2.09. The van der Waals surface area contributed by atoms with Crippen molar-refractivity contribution in [1.82, 2.24) is 10.2 Å². The SMILES string of the molecule is CCOC(=O)C1(N2CCCNCC2)CCC1. The quantitative estimate of drug-likeness (QED) is 0.722. The molecule has 1 saturated carbocycles. The van der Waals surface area contributed by atoms with Gasteiger partial charge in [0.15, 0.2) is 0 Å². The van der Waals surface area contributed by atoms with Crippen molar-refractivity contribution in [2.75, 3.05) is 32.8 Å². The lowest BCUT2D eigenvalue weighted by molar-refractivity contribution is -0.164. The van der Waals surface area contributed by atoms with Gasteiger partial charge in [-0.05, 0) is 39.2 Å². The van der Waals surface area contributed by atoms with E-state index >= 15 is 0 Å². The number of carbonyl (C=O) groups is 1. The van der Waals surface area contributed by atoms with Crippen molar-refractivity contribution in [3.63, 3.8) is 0 Å². The summed E-state index contributed by atoms with van der Waals surface area (Å²) in [6.45, 7) is 6.42. The summed E-state index contributed by atoms with van der Waals surface area (Å²) in [4.78, 5) is 14.4. The maximum absolute atomic E-state index is 12.1. The van der Waals surface area contributed by atoms with Crippen LogP contribution in [-0.4, -0.2) is 49.2 Å². The van der Waals surface area contributed by atoms with Crippen LogP contribution in [0.1, 0.15) is 32.6 Å². The molecule has 0 radical (unpaired) electrons. The molecule has 1 saturated heterocycles. The summed E-state index contributed by atoms with van der Waals surface area (Å²) in [6.07, 6.45) is 4.24. The summed E-state index contributed by atoms with van der Waals surface area (Å²) in [5.41, 5.74) is -0.276. The number of esters is 1. The lowest BCUT2D eigenvalue weighted by Crippen LogP contribution is -2.60. The van der Waals surface area contributed by atoms with E-state index in [0.717, 1.165) is 51.9 Å². The first kappa shape index (κ1) is 11.9. The van der Waals surface area contributed by atoms with Crippen molar-refractivity contribution in [1.29, 1.82) is 0 Å². The Bertz CT molecular complexity index is 243. The number of nitrogens with one attached hydrogen (secondary N) is 1. The van der Waals surface area contributed by atoms with E-state index in [1.165, 1.54) is 0 Å². The Hall–Kier alpha value is -0.610. The smallest absolute Gasteiger partial charge is 0.326 e. The largest absolute Gasteiger partial charge is 0.465 e. The average Bonchev–Trinajstić information content (AvgIpc) is 2.45. The molecule has 0 unspecified atom stereocenters. The molecule has 0 spiro atoms. The second-order valence-electron chi connectivity index (χ2n) is 4.70. The lowest BCUT2D eigenvalue weighted by atomic mass is 9.75. The van der Waals surface area contributed by atoms with Gasteiger partial charge in [0, 0.05) is 19.6 Å². The zero-order valence-corrected chi connectivity index (χ0v) is 10.1. The van der Waals surface area contributed by atoms with Crippen molar-refractivity contribution < 1.29 is 9.53 Å². The maximum Gasteiger partial charge on any atom is 0.326 e. The predicted molar refractivity (Wildman–Crippen MR) is 62.3 cm³/mol. The first-order valence-electron chi connectivity index (χ1n) is 6.42.